The number of carbonyl (C=O) groups excluding carboxylic acids is 1. The van der Waals surface area contributed by atoms with E-state index in [1.165, 1.54) is 24.4 Å². The number of pyridine rings is 1. The summed E-state index contributed by atoms with van der Waals surface area (Å²) in [6, 6.07) is 8.80. The molecular weight excluding hydrogens is 235 g/mol. The van der Waals surface area contributed by atoms with Gasteiger partial charge in [0.1, 0.15) is 11.4 Å². The number of rotatable bonds is 3. The molecule has 2 rings (SSSR count). The predicted molar refractivity (Wildman–Crippen MR) is 64.6 cm³/mol. The van der Waals surface area contributed by atoms with Crippen molar-refractivity contribution in [3.63, 3.8) is 0 Å². The first-order chi connectivity index (χ1) is 8.66. The molecule has 0 fully saturated rings. The summed E-state index contributed by atoms with van der Waals surface area (Å²) in [5, 5.41) is 2.59. The van der Waals surface area contributed by atoms with E-state index >= 15 is 0 Å². The van der Waals surface area contributed by atoms with Crippen LogP contribution in [-0.2, 0) is 6.54 Å². The van der Waals surface area contributed by atoms with E-state index in [0.717, 1.165) is 5.56 Å². The molecule has 0 bridgehead atoms. The number of aromatic amines is 1. The molecule has 0 unspecified atom stereocenters. The highest BCUT2D eigenvalue weighted by molar-refractivity contribution is 5.93. The maximum absolute atomic E-state index is 12.7. The van der Waals surface area contributed by atoms with Crippen LogP contribution in [0.4, 0.5) is 4.39 Å². The number of nitrogens with one attached hydrogen (secondary N) is 2. The molecule has 4 nitrogen and oxygen atoms in total. The smallest absolute Gasteiger partial charge is 0.260 e. The van der Waals surface area contributed by atoms with Crippen LogP contribution >= 0.6 is 0 Å². The highest BCUT2D eigenvalue weighted by Gasteiger charge is 2.08. The molecule has 1 heterocycles. The second-order valence-electron chi connectivity index (χ2n) is 3.72. The van der Waals surface area contributed by atoms with E-state index in [9.17, 15) is 14.0 Å². The van der Waals surface area contributed by atoms with E-state index in [1.807, 2.05) is 0 Å². The molecule has 0 aliphatic heterocycles. The molecule has 18 heavy (non-hydrogen) atoms. The number of aromatic nitrogens is 1. The van der Waals surface area contributed by atoms with Gasteiger partial charge >= 0.3 is 0 Å². The van der Waals surface area contributed by atoms with Gasteiger partial charge in [0.2, 0.25) is 0 Å². The van der Waals surface area contributed by atoms with Crippen LogP contribution in [0.5, 0.6) is 0 Å². The summed E-state index contributed by atoms with van der Waals surface area (Å²) >= 11 is 0. The fraction of sp³-hybridized carbons (Fsp3) is 0.0769. The molecule has 0 radical (unpaired) electrons. The largest absolute Gasteiger partial charge is 0.348 e. The van der Waals surface area contributed by atoms with Gasteiger partial charge in [0, 0.05) is 12.7 Å². The van der Waals surface area contributed by atoms with E-state index in [4.69, 9.17) is 0 Å². The number of amides is 1. The fourth-order valence-electron chi connectivity index (χ4n) is 1.48. The van der Waals surface area contributed by atoms with Crippen molar-refractivity contribution in [1.29, 1.82) is 0 Å². The summed E-state index contributed by atoms with van der Waals surface area (Å²) in [5.41, 5.74) is 0.380. The van der Waals surface area contributed by atoms with Crippen molar-refractivity contribution in [3.05, 3.63) is 69.9 Å². The Morgan fingerprint density at radius 3 is 2.61 bits per heavy atom. The van der Waals surface area contributed by atoms with Crippen LogP contribution in [-0.4, -0.2) is 10.9 Å². The first-order valence-corrected chi connectivity index (χ1v) is 5.37. The molecule has 0 atom stereocenters. The number of hydrogen-bond acceptors (Lipinski definition) is 2. The van der Waals surface area contributed by atoms with Gasteiger partial charge in [-0.25, -0.2) is 4.39 Å². The Morgan fingerprint density at radius 2 is 1.94 bits per heavy atom. The van der Waals surface area contributed by atoms with Crippen molar-refractivity contribution in [3.8, 4) is 0 Å². The van der Waals surface area contributed by atoms with Crippen LogP contribution in [0.15, 0.2) is 47.4 Å². The zero-order valence-electron chi connectivity index (χ0n) is 9.44. The zero-order chi connectivity index (χ0) is 13.0. The zero-order valence-corrected chi connectivity index (χ0v) is 9.44. The number of H-pyrrole nitrogens is 1. The lowest BCUT2D eigenvalue weighted by atomic mass is 10.2. The van der Waals surface area contributed by atoms with E-state index in [0.29, 0.717) is 0 Å². The predicted octanol–water partition coefficient (Wildman–Crippen LogP) is 1.44. The number of hydrogen-bond donors (Lipinski definition) is 2. The first-order valence-electron chi connectivity index (χ1n) is 5.37. The molecule has 5 heteroatoms. The fourth-order valence-corrected chi connectivity index (χ4v) is 1.48. The van der Waals surface area contributed by atoms with E-state index in [1.54, 1.807) is 18.2 Å². The van der Waals surface area contributed by atoms with Crippen LogP contribution in [0.3, 0.4) is 0 Å². The molecule has 0 spiro atoms. The van der Waals surface area contributed by atoms with Gasteiger partial charge in [-0.3, -0.25) is 9.59 Å². The highest BCUT2D eigenvalue weighted by Crippen LogP contribution is 2.02. The van der Waals surface area contributed by atoms with Gasteiger partial charge in [0.05, 0.1) is 0 Å². The summed E-state index contributed by atoms with van der Waals surface area (Å²) in [4.78, 5) is 25.5. The summed E-state index contributed by atoms with van der Waals surface area (Å²) < 4.78 is 12.7. The molecule has 2 N–H and O–H groups in total. The minimum Gasteiger partial charge on any atom is -0.348 e. The molecule has 1 aromatic heterocycles. The van der Waals surface area contributed by atoms with Gasteiger partial charge in [-0.15, -0.1) is 0 Å². The molecule has 0 aliphatic carbocycles. The first kappa shape index (κ1) is 12.0. The number of carbonyl (C=O) groups is 1. The molecule has 92 valence electrons. The van der Waals surface area contributed by atoms with Gasteiger partial charge < -0.3 is 10.3 Å². The minimum absolute atomic E-state index is 0.0552. The Hall–Kier alpha value is -2.43. The lowest BCUT2D eigenvalue weighted by Crippen LogP contribution is -2.28. The van der Waals surface area contributed by atoms with Crippen molar-refractivity contribution in [1.82, 2.24) is 10.3 Å². The van der Waals surface area contributed by atoms with Gasteiger partial charge in [0.25, 0.3) is 11.5 Å². The lowest BCUT2D eigenvalue weighted by Gasteiger charge is -2.04. The standard InChI is InChI=1S/C13H11FN2O2/c14-10-5-3-9(4-6-10)8-16-13(18)11-2-1-7-15-12(11)17/h1-7H,8H2,(H,15,17)(H,16,18). The van der Waals surface area contributed by atoms with E-state index < -0.39 is 11.5 Å². The Kier molecular flexibility index (Phi) is 3.52. The van der Waals surface area contributed by atoms with Crippen molar-refractivity contribution >= 4 is 5.91 Å². The summed E-state index contributed by atoms with van der Waals surface area (Å²) in [6.45, 7) is 0.243. The highest BCUT2D eigenvalue weighted by atomic mass is 19.1. The van der Waals surface area contributed by atoms with Crippen molar-refractivity contribution < 1.29 is 9.18 Å². The van der Waals surface area contributed by atoms with Gasteiger partial charge in [0.15, 0.2) is 0 Å². The third kappa shape index (κ3) is 2.82. The van der Waals surface area contributed by atoms with Crippen LogP contribution < -0.4 is 10.9 Å². The molecule has 1 amide bonds. The maximum Gasteiger partial charge on any atom is 0.260 e. The summed E-state index contributed by atoms with van der Waals surface area (Å²) in [5.74, 6) is -0.786. The minimum atomic E-state index is -0.457. The van der Waals surface area contributed by atoms with Gasteiger partial charge in [-0.05, 0) is 29.8 Å². The lowest BCUT2D eigenvalue weighted by molar-refractivity contribution is 0.0949. The van der Waals surface area contributed by atoms with Crippen LogP contribution in [0.2, 0.25) is 0 Å². The Bertz CT molecular complexity index is 605. The molecule has 1 aromatic carbocycles. The van der Waals surface area contributed by atoms with Crippen molar-refractivity contribution in [2.45, 2.75) is 6.54 Å². The molecular formula is C13H11FN2O2. The summed E-state index contributed by atoms with van der Waals surface area (Å²) in [6.07, 6.45) is 1.46. The molecule has 2 aromatic rings. The second-order valence-corrected chi connectivity index (χ2v) is 3.72. The third-order valence-electron chi connectivity index (χ3n) is 2.43. The summed E-state index contributed by atoms with van der Waals surface area (Å²) in [7, 11) is 0. The second kappa shape index (κ2) is 5.27. The Labute approximate surface area is 102 Å². The molecule has 0 aliphatic rings. The molecule has 0 saturated heterocycles. The monoisotopic (exact) mass is 246 g/mol. The number of benzene rings is 1. The normalized spacial score (nSPS) is 10.1. The van der Waals surface area contributed by atoms with Gasteiger partial charge in [-0.2, -0.15) is 0 Å². The topological polar surface area (TPSA) is 62.0 Å². The Morgan fingerprint density at radius 1 is 1.22 bits per heavy atom. The quantitative estimate of drug-likeness (QED) is 0.860. The maximum atomic E-state index is 12.7. The van der Waals surface area contributed by atoms with Crippen LogP contribution in [0.1, 0.15) is 15.9 Å². The average Bonchev–Trinajstić information content (AvgIpc) is 2.38. The third-order valence-corrected chi connectivity index (χ3v) is 2.43. The van der Waals surface area contributed by atoms with Gasteiger partial charge in [-0.1, -0.05) is 12.1 Å². The SMILES string of the molecule is O=C(NCc1ccc(F)cc1)c1ccc[nH]c1=O. The van der Waals surface area contributed by atoms with Crippen molar-refractivity contribution in [2.24, 2.45) is 0 Å². The van der Waals surface area contributed by atoms with E-state index in [2.05, 4.69) is 10.3 Å². The van der Waals surface area contributed by atoms with Crippen LogP contribution in [0, 0.1) is 5.82 Å². The van der Waals surface area contributed by atoms with Crippen LogP contribution in [0.25, 0.3) is 0 Å². The van der Waals surface area contributed by atoms with E-state index in [-0.39, 0.29) is 17.9 Å². The number of halogens is 1. The average molecular weight is 246 g/mol. The van der Waals surface area contributed by atoms with Crippen molar-refractivity contribution in [2.75, 3.05) is 0 Å². The Balaban J connectivity index is 2.03. The molecule has 0 saturated carbocycles.